The second-order valence-electron chi connectivity index (χ2n) is 8.69. The van der Waals surface area contributed by atoms with E-state index in [1.165, 1.54) is 5.56 Å². The first-order chi connectivity index (χ1) is 14.1. The minimum Gasteiger partial charge on any atom is -0.488 e. The Hall–Kier alpha value is -3.08. The Labute approximate surface area is 176 Å². The molecule has 0 atom stereocenters. The summed E-state index contributed by atoms with van der Waals surface area (Å²) in [4.78, 5) is 23.3. The van der Waals surface area contributed by atoms with Gasteiger partial charge in [-0.3, -0.25) is 4.79 Å². The number of carboxylic acids is 1. The maximum atomic E-state index is 12.4. The van der Waals surface area contributed by atoms with E-state index in [9.17, 15) is 9.59 Å². The van der Waals surface area contributed by atoms with E-state index in [1.807, 2.05) is 26.0 Å². The standard InChI is InChI=1S/C25H28O5/c1-15-19-10-12-21(29-14-17-6-8-18(9-7-17)25(3,4)5)16(2)23(19)30-24(28)20(15)11-13-22(26)27/h6-10,12H,11,13-14H2,1-5H3,(H,26,27). The lowest BCUT2D eigenvalue weighted by Gasteiger charge is -2.19. The van der Waals surface area contributed by atoms with E-state index >= 15 is 0 Å². The molecule has 0 aliphatic carbocycles. The van der Waals surface area contributed by atoms with Crippen LogP contribution in [0.2, 0.25) is 0 Å². The van der Waals surface area contributed by atoms with Gasteiger partial charge in [0.15, 0.2) is 0 Å². The maximum absolute atomic E-state index is 12.4. The Morgan fingerprint density at radius 3 is 2.30 bits per heavy atom. The molecule has 3 aromatic rings. The highest BCUT2D eigenvalue weighted by molar-refractivity contribution is 5.85. The predicted molar refractivity (Wildman–Crippen MR) is 117 cm³/mol. The molecule has 1 heterocycles. The number of aryl methyl sites for hydroxylation is 2. The lowest BCUT2D eigenvalue weighted by Crippen LogP contribution is -2.13. The van der Waals surface area contributed by atoms with E-state index in [0.717, 1.165) is 22.1 Å². The third kappa shape index (κ3) is 4.56. The highest BCUT2D eigenvalue weighted by Crippen LogP contribution is 2.30. The first kappa shape index (κ1) is 21.6. The Morgan fingerprint density at radius 2 is 1.70 bits per heavy atom. The minimum absolute atomic E-state index is 0.104. The second-order valence-corrected chi connectivity index (χ2v) is 8.69. The SMILES string of the molecule is Cc1c(CCC(=O)O)c(=O)oc2c(C)c(OCc3ccc(C(C)(C)C)cc3)ccc12. The molecule has 0 radical (unpaired) electrons. The van der Waals surface area contributed by atoms with E-state index in [1.54, 1.807) is 0 Å². The van der Waals surface area contributed by atoms with Crippen molar-refractivity contribution >= 4 is 16.9 Å². The zero-order valence-corrected chi connectivity index (χ0v) is 18.2. The molecular formula is C25H28O5. The van der Waals surface area contributed by atoms with Crippen molar-refractivity contribution in [1.82, 2.24) is 0 Å². The molecule has 158 valence electrons. The van der Waals surface area contributed by atoms with Crippen molar-refractivity contribution in [2.75, 3.05) is 0 Å². The van der Waals surface area contributed by atoms with Crippen LogP contribution in [0, 0.1) is 13.8 Å². The van der Waals surface area contributed by atoms with Gasteiger partial charge >= 0.3 is 11.6 Å². The topological polar surface area (TPSA) is 76.7 Å². The average molecular weight is 408 g/mol. The smallest absolute Gasteiger partial charge is 0.339 e. The van der Waals surface area contributed by atoms with Crippen LogP contribution in [0.5, 0.6) is 5.75 Å². The van der Waals surface area contributed by atoms with Crippen molar-refractivity contribution < 1.29 is 19.1 Å². The largest absolute Gasteiger partial charge is 0.488 e. The fraction of sp³-hybridized carbons (Fsp3) is 0.360. The van der Waals surface area contributed by atoms with Crippen molar-refractivity contribution in [3.8, 4) is 5.75 Å². The van der Waals surface area contributed by atoms with Gasteiger partial charge in [-0.05, 0) is 54.5 Å². The maximum Gasteiger partial charge on any atom is 0.339 e. The normalized spacial score (nSPS) is 11.6. The van der Waals surface area contributed by atoms with Crippen molar-refractivity contribution in [3.63, 3.8) is 0 Å². The van der Waals surface area contributed by atoms with Crippen LogP contribution in [0.25, 0.3) is 11.0 Å². The molecule has 0 amide bonds. The summed E-state index contributed by atoms with van der Waals surface area (Å²) in [6.45, 7) is 10.6. The van der Waals surface area contributed by atoms with Gasteiger partial charge in [0.2, 0.25) is 0 Å². The molecule has 5 heteroatoms. The zero-order chi connectivity index (χ0) is 22.1. The van der Waals surface area contributed by atoms with Crippen LogP contribution in [0.3, 0.4) is 0 Å². The molecule has 0 aliphatic heterocycles. The lowest BCUT2D eigenvalue weighted by molar-refractivity contribution is -0.136. The number of hydrogen-bond acceptors (Lipinski definition) is 4. The third-order valence-electron chi connectivity index (χ3n) is 5.46. The number of benzene rings is 2. The highest BCUT2D eigenvalue weighted by atomic mass is 16.5. The monoisotopic (exact) mass is 408 g/mol. The van der Waals surface area contributed by atoms with Gasteiger partial charge in [-0.1, -0.05) is 45.0 Å². The molecule has 0 unspecified atom stereocenters. The van der Waals surface area contributed by atoms with Crippen LogP contribution in [0.1, 0.15) is 55.0 Å². The number of rotatable bonds is 6. The van der Waals surface area contributed by atoms with Crippen LogP contribution in [0.15, 0.2) is 45.6 Å². The fourth-order valence-corrected chi connectivity index (χ4v) is 3.51. The second kappa shape index (κ2) is 8.34. The van der Waals surface area contributed by atoms with E-state index < -0.39 is 11.6 Å². The van der Waals surface area contributed by atoms with E-state index in [4.69, 9.17) is 14.3 Å². The van der Waals surface area contributed by atoms with Crippen molar-refractivity contribution in [1.29, 1.82) is 0 Å². The summed E-state index contributed by atoms with van der Waals surface area (Å²) in [5.74, 6) is -0.285. The molecule has 0 saturated carbocycles. The van der Waals surface area contributed by atoms with Crippen LogP contribution >= 0.6 is 0 Å². The van der Waals surface area contributed by atoms with Crippen LogP contribution in [0.4, 0.5) is 0 Å². The van der Waals surface area contributed by atoms with Gasteiger partial charge in [0.1, 0.15) is 17.9 Å². The predicted octanol–water partition coefficient (Wildman–Crippen LogP) is 5.30. The highest BCUT2D eigenvalue weighted by Gasteiger charge is 2.16. The molecule has 30 heavy (non-hydrogen) atoms. The third-order valence-corrected chi connectivity index (χ3v) is 5.46. The minimum atomic E-state index is -0.940. The summed E-state index contributed by atoms with van der Waals surface area (Å²) in [6.07, 6.45) is 0.0482. The van der Waals surface area contributed by atoms with Crippen molar-refractivity contribution in [2.45, 2.75) is 59.5 Å². The van der Waals surface area contributed by atoms with E-state index in [2.05, 4.69) is 45.0 Å². The summed E-state index contributed by atoms with van der Waals surface area (Å²) in [7, 11) is 0. The number of fused-ring (bicyclic) bond motifs is 1. The molecule has 0 bridgehead atoms. The van der Waals surface area contributed by atoms with Gasteiger partial charge in [0.25, 0.3) is 0 Å². The Bertz CT molecular complexity index is 1130. The van der Waals surface area contributed by atoms with Gasteiger partial charge in [-0.2, -0.15) is 0 Å². The average Bonchev–Trinajstić information content (AvgIpc) is 2.67. The first-order valence-corrected chi connectivity index (χ1v) is 10.1. The Kier molecular flexibility index (Phi) is 6.01. The molecule has 0 fully saturated rings. The van der Waals surface area contributed by atoms with Crippen LogP contribution in [-0.2, 0) is 23.2 Å². The lowest BCUT2D eigenvalue weighted by atomic mass is 9.87. The number of carboxylic acid groups (broad SMARTS) is 1. The van der Waals surface area contributed by atoms with E-state index in [0.29, 0.717) is 23.5 Å². The zero-order valence-electron chi connectivity index (χ0n) is 18.2. The molecule has 0 aliphatic rings. The number of carbonyl (C=O) groups is 1. The molecular weight excluding hydrogens is 380 g/mol. The van der Waals surface area contributed by atoms with Crippen molar-refractivity contribution in [3.05, 3.63) is 74.6 Å². The molecule has 1 N–H and O–H groups in total. The van der Waals surface area contributed by atoms with Crippen LogP contribution < -0.4 is 10.4 Å². The van der Waals surface area contributed by atoms with Crippen molar-refractivity contribution in [2.24, 2.45) is 0 Å². The fourth-order valence-electron chi connectivity index (χ4n) is 3.51. The van der Waals surface area contributed by atoms with Gasteiger partial charge in [0.05, 0.1) is 0 Å². The summed E-state index contributed by atoms with van der Waals surface area (Å²) >= 11 is 0. The van der Waals surface area contributed by atoms with Gasteiger partial charge in [-0.25, -0.2) is 4.79 Å². The molecule has 0 saturated heterocycles. The number of hydrogen-bond donors (Lipinski definition) is 1. The van der Waals surface area contributed by atoms with Gasteiger partial charge < -0.3 is 14.3 Å². The summed E-state index contributed by atoms with van der Waals surface area (Å²) in [6, 6.07) is 12.1. The molecule has 2 aromatic carbocycles. The molecule has 0 spiro atoms. The Morgan fingerprint density at radius 1 is 1.03 bits per heavy atom. The van der Waals surface area contributed by atoms with Gasteiger partial charge in [-0.15, -0.1) is 0 Å². The Balaban J connectivity index is 1.85. The quantitative estimate of drug-likeness (QED) is 0.560. The molecule has 5 nitrogen and oxygen atoms in total. The summed E-state index contributed by atoms with van der Waals surface area (Å²) in [5, 5.41) is 9.71. The molecule has 3 rings (SSSR count). The van der Waals surface area contributed by atoms with Crippen LogP contribution in [-0.4, -0.2) is 11.1 Å². The number of aliphatic carboxylic acids is 1. The number of ether oxygens (including phenoxy) is 1. The summed E-state index contributed by atoms with van der Waals surface area (Å²) in [5.41, 5.74) is 4.35. The molecule has 1 aromatic heterocycles. The summed E-state index contributed by atoms with van der Waals surface area (Å²) < 4.78 is 11.6. The van der Waals surface area contributed by atoms with E-state index in [-0.39, 0.29) is 18.3 Å². The first-order valence-electron chi connectivity index (χ1n) is 10.1. The van der Waals surface area contributed by atoms with Gasteiger partial charge in [0, 0.05) is 22.9 Å².